The van der Waals surface area contributed by atoms with Crippen LogP contribution in [0.4, 0.5) is 5.69 Å². The molecule has 1 amide bonds. The molecule has 3 aromatic rings. The quantitative estimate of drug-likeness (QED) is 0.419. The fraction of sp³-hybridized carbons (Fsp3) is 0.318. The molecule has 0 spiro atoms. The van der Waals surface area contributed by atoms with Crippen LogP contribution >= 0.6 is 0 Å². The molecule has 1 N–H and O–H groups in total. The number of carbonyl (C=O) groups is 1. The number of amides is 1. The van der Waals surface area contributed by atoms with Crippen LogP contribution in [0.15, 0.2) is 42.5 Å². The van der Waals surface area contributed by atoms with Crippen LogP contribution < -0.4 is 14.8 Å². The zero-order chi connectivity index (χ0) is 23.4. The number of carbonyl (C=O) groups excluding carboxylic acids is 1. The number of aromatic nitrogens is 3. The summed E-state index contributed by atoms with van der Waals surface area (Å²) in [6.07, 6.45) is 0.00325. The van der Waals surface area contributed by atoms with Crippen LogP contribution in [0, 0.1) is 17.0 Å². The minimum Gasteiger partial charge on any atom is -0.493 e. The summed E-state index contributed by atoms with van der Waals surface area (Å²) in [5.41, 5.74) is 1.80. The van der Waals surface area contributed by atoms with E-state index in [0.29, 0.717) is 22.9 Å². The van der Waals surface area contributed by atoms with Gasteiger partial charge in [-0.25, -0.2) is 4.68 Å². The lowest BCUT2D eigenvalue weighted by Gasteiger charge is -2.18. The summed E-state index contributed by atoms with van der Waals surface area (Å²) in [4.78, 5) is 23.4. The van der Waals surface area contributed by atoms with E-state index in [1.54, 1.807) is 32.2 Å². The summed E-state index contributed by atoms with van der Waals surface area (Å²) in [5, 5.41) is 21.9. The highest BCUT2D eigenvalue weighted by atomic mass is 16.6. The van der Waals surface area contributed by atoms with E-state index in [9.17, 15) is 14.9 Å². The van der Waals surface area contributed by atoms with E-state index in [2.05, 4.69) is 15.6 Å². The summed E-state index contributed by atoms with van der Waals surface area (Å²) < 4.78 is 12.5. The Morgan fingerprint density at radius 1 is 1.16 bits per heavy atom. The maximum atomic E-state index is 12.8. The molecule has 3 rings (SSSR count). The number of nitro groups is 1. The number of ether oxygens (including phenoxy) is 2. The normalized spacial score (nSPS) is 11.8. The first-order valence-corrected chi connectivity index (χ1v) is 10.0. The Balaban J connectivity index is 1.79. The number of hydrogen-bond acceptors (Lipinski definition) is 7. The Morgan fingerprint density at radius 2 is 1.91 bits per heavy atom. The topological polar surface area (TPSA) is 121 Å². The summed E-state index contributed by atoms with van der Waals surface area (Å²) >= 11 is 0. The Bertz CT molecular complexity index is 1140. The Hall–Kier alpha value is -3.95. The van der Waals surface area contributed by atoms with Gasteiger partial charge in [-0.3, -0.25) is 14.9 Å². The molecule has 1 atom stereocenters. The van der Waals surface area contributed by atoms with Gasteiger partial charge in [-0.15, -0.1) is 5.10 Å². The van der Waals surface area contributed by atoms with Crippen LogP contribution in [0.2, 0.25) is 0 Å². The molecule has 168 valence electrons. The second-order valence-corrected chi connectivity index (χ2v) is 7.48. The van der Waals surface area contributed by atoms with Crippen LogP contribution in [0.25, 0.3) is 5.69 Å². The van der Waals surface area contributed by atoms with Crippen LogP contribution in [0.1, 0.15) is 48.6 Å². The average Bonchev–Trinajstić information content (AvgIpc) is 3.15. The van der Waals surface area contributed by atoms with Crippen molar-refractivity contribution in [2.75, 3.05) is 7.11 Å². The smallest absolute Gasteiger partial charge is 0.274 e. The van der Waals surface area contributed by atoms with Crippen molar-refractivity contribution in [2.24, 2.45) is 0 Å². The van der Waals surface area contributed by atoms with Gasteiger partial charge in [-0.1, -0.05) is 17.3 Å². The molecule has 0 aliphatic carbocycles. The number of non-ortho nitro benzene ring substituents is 1. The second-order valence-electron chi connectivity index (χ2n) is 7.48. The highest BCUT2D eigenvalue weighted by Crippen LogP contribution is 2.31. The van der Waals surface area contributed by atoms with Gasteiger partial charge < -0.3 is 14.8 Å². The van der Waals surface area contributed by atoms with Crippen molar-refractivity contribution < 1.29 is 19.2 Å². The predicted octanol–water partition coefficient (Wildman–Crippen LogP) is 3.77. The van der Waals surface area contributed by atoms with Gasteiger partial charge in [0.05, 0.1) is 35.6 Å². The third-order valence-corrected chi connectivity index (χ3v) is 4.79. The number of methoxy groups -OCH3 is 1. The van der Waals surface area contributed by atoms with Gasteiger partial charge in [0.25, 0.3) is 11.6 Å². The van der Waals surface area contributed by atoms with Crippen molar-refractivity contribution >= 4 is 11.6 Å². The lowest BCUT2D eigenvalue weighted by atomic mass is 10.1. The van der Waals surface area contributed by atoms with E-state index in [4.69, 9.17) is 9.47 Å². The van der Waals surface area contributed by atoms with Gasteiger partial charge >= 0.3 is 0 Å². The molecule has 1 aromatic heterocycles. The summed E-state index contributed by atoms with van der Waals surface area (Å²) in [6.45, 7) is 7.38. The van der Waals surface area contributed by atoms with Crippen molar-refractivity contribution in [1.82, 2.24) is 20.3 Å². The average molecular weight is 439 g/mol. The van der Waals surface area contributed by atoms with Gasteiger partial charge in [-0.05, 0) is 51.5 Å². The molecule has 0 aliphatic heterocycles. The highest BCUT2D eigenvalue weighted by Gasteiger charge is 2.21. The van der Waals surface area contributed by atoms with Crippen molar-refractivity contribution in [2.45, 2.75) is 39.8 Å². The minimum atomic E-state index is -0.489. The zero-order valence-electron chi connectivity index (χ0n) is 18.5. The number of nitrogens with one attached hydrogen (secondary N) is 1. The first kappa shape index (κ1) is 22.7. The van der Waals surface area contributed by atoms with Gasteiger partial charge in [0.1, 0.15) is 0 Å². The molecular weight excluding hydrogens is 414 g/mol. The lowest BCUT2D eigenvalue weighted by molar-refractivity contribution is -0.384. The molecule has 2 aromatic carbocycles. The Kier molecular flexibility index (Phi) is 6.72. The summed E-state index contributed by atoms with van der Waals surface area (Å²) in [7, 11) is 1.56. The first-order valence-electron chi connectivity index (χ1n) is 10.0. The third-order valence-electron chi connectivity index (χ3n) is 4.79. The van der Waals surface area contributed by atoms with Gasteiger partial charge in [0, 0.05) is 12.1 Å². The van der Waals surface area contributed by atoms with Gasteiger partial charge in [-0.2, -0.15) is 0 Å². The number of rotatable bonds is 8. The first-order chi connectivity index (χ1) is 15.2. The second kappa shape index (κ2) is 9.46. The molecule has 0 fully saturated rings. The molecule has 1 unspecified atom stereocenters. The Labute approximate surface area is 185 Å². The number of nitro benzene ring substituents is 1. The van der Waals surface area contributed by atoms with Gasteiger partial charge in [0.2, 0.25) is 0 Å². The predicted molar refractivity (Wildman–Crippen MR) is 117 cm³/mol. The Morgan fingerprint density at radius 3 is 2.56 bits per heavy atom. The molecule has 32 heavy (non-hydrogen) atoms. The molecule has 0 saturated carbocycles. The van der Waals surface area contributed by atoms with Crippen LogP contribution in [0.5, 0.6) is 11.5 Å². The van der Waals surface area contributed by atoms with E-state index in [0.717, 1.165) is 5.56 Å². The van der Waals surface area contributed by atoms with E-state index < -0.39 is 10.8 Å². The fourth-order valence-corrected chi connectivity index (χ4v) is 3.18. The SMILES string of the molecule is COc1cc(C(C)NC(=O)c2nnn(-c3cccc([N+](=O)[O-])c3)c2C)ccc1OC(C)C. The molecule has 10 nitrogen and oxygen atoms in total. The summed E-state index contributed by atoms with van der Waals surface area (Å²) in [5.74, 6) is 0.791. The monoisotopic (exact) mass is 439 g/mol. The number of benzene rings is 2. The van der Waals surface area contributed by atoms with Crippen LogP contribution in [-0.4, -0.2) is 39.0 Å². The molecule has 0 aliphatic rings. The third kappa shape index (κ3) is 4.85. The van der Waals surface area contributed by atoms with E-state index in [-0.39, 0.29) is 23.5 Å². The fourth-order valence-electron chi connectivity index (χ4n) is 3.18. The van der Waals surface area contributed by atoms with E-state index in [1.807, 2.05) is 32.9 Å². The molecule has 1 heterocycles. The largest absolute Gasteiger partial charge is 0.493 e. The van der Waals surface area contributed by atoms with Gasteiger partial charge in [0.15, 0.2) is 17.2 Å². The number of nitrogens with zero attached hydrogens (tertiary/aromatic N) is 4. The van der Waals surface area contributed by atoms with Crippen LogP contribution in [0.3, 0.4) is 0 Å². The molecule has 0 radical (unpaired) electrons. The standard InChI is InChI=1S/C22H25N5O5/c1-13(2)32-19-10-9-16(11-20(19)31-5)14(3)23-22(28)21-15(4)26(25-24-21)17-7-6-8-18(12-17)27(29)30/h6-14H,1-5H3,(H,23,28). The molecule has 10 heteroatoms. The summed E-state index contributed by atoms with van der Waals surface area (Å²) in [6, 6.07) is 11.1. The highest BCUT2D eigenvalue weighted by molar-refractivity contribution is 5.93. The minimum absolute atomic E-state index is 0.00325. The van der Waals surface area contributed by atoms with Crippen LogP contribution in [-0.2, 0) is 0 Å². The van der Waals surface area contributed by atoms with Crippen molar-refractivity contribution in [3.05, 3.63) is 69.5 Å². The van der Waals surface area contributed by atoms with Crippen molar-refractivity contribution in [1.29, 1.82) is 0 Å². The van der Waals surface area contributed by atoms with E-state index >= 15 is 0 Å². The van der Waals surface area contributed by atoms with Crippen molar-refractivity contribution in [3.63, 3.8) is 0 Å². The zero-order valence-corrected chi connectivity index (χ0v) is 18.5. The molecule has 0 bridgehead atoms. The molecule has 0 saturated heterocycles. The maximum Gasteiger partial charge on any atom is 0.274 e. The number of hydrogen-bond donors (Lipinski definition) is 1. The van der Waals surface area contributed by atoms with E-state index in [1.165, 1.54) is 16.8 Å². The lowest BCUT2D eigenvalue weighted by Crippen LogP contribution is -2.27. The maximum absolute atomic E-state index is 12.8. The van der Waals surface area contributed by atoms with Crippen molar-refractivity contribution in [3.8, 4) is 17.2 Å². The molecular formula is C22H25N5O5.